The van der Waals surface area contributed by atoms with E-state index >= 15 is 0 Å². The minimum atomic E-state index is -0.396. The van der Waals surface area contributed by atoms with Gasteiger partial charge < -0.3 is 15.2 Å². The monoisotopic (exact) mass is 307 g/mol. The molecule has 1 heterocycles. The standard InChI is InChI=1S/C17H22ClNO2/c18-13-10-15-14(20-17(21-15)7-4-8-17)9-12(13)16(11-19)5-2-1-3-6-16/h9-10H,1-8,11,19H2. The van der Waals surface area contributed by atoms with Crippen molar-refractivity contribution >= 4 is 11.6 Å². The molecule has 0 aromatic heterocycles. The van der Waals surface area contributed by atoms with Crippen molar-refractivity contribution < 1.29 is 9.47 Å². The molecule has 2 N–H and O–H groups in total. The van der Waals surface area contributed by atoms with E-state index in [1.807, 2.05) is 6.07 Å². The van der Waals surface area contributed by atoms with E-state index in [1.54, 1.807) is 0 Å². The zero-order chi connectivity index (χ0) is 14.5. The van der Waals surface area contributed by atoms with Crippen molar-refractivity contribution in [3.8, 4) is 11.5 Å². The van der Waals surface area contributed by atoms with Gasteiger partial charge in [-0.05, 0) is 30.9 Å². The first-order valence-corrected chi connectivity index (χ1v) is 8.46. The SMILES string of the molecule is NCC1(c2cc3c(cc2Cl)OC2(CCC2)O3)CCCCC1. The van der Waals surface area contributed by atoms with Gasteiger partial charge in [0.15, 0.2) is 11.5 Å². The van der Waals surface area contributed by atoms with Gasteiger partial charge in [0.2, 0.25) is 0 Å². The summed E-state index contributed by atoms with van der Waals surface area (Å²) < 4.78 is 12.1. The number of hydrogen-bond acceptors (Lipinski definition) is 3. The summed E-state index contributed by atoms with van der Waals surface area (Å²) in [5.74, 6) is 1.26. The first-order chi connectivity index (χ1) is 10.2. The Hall–Kier alpha value is -0.930. The Morgan fingerprint density at radius 3 is 2.19 bits per heavy atom. The highest BCUT2D eigenvalue weighted by Gasteiger charge is 2.48. The van der Waals surface area contributed by atoms with Gasteiger partial charge in [-0.15, -0.1) is 0 Å². The summed E-state index contributed by atoms with van der Waals surface area (Å²) in [4.78, 5) is 0. The Morgan fingerprint density at radius 1 is 0.952 bits per heavy atom. The molecule has 4 heteroatoms. The maximum Gasteiger partial charge on any atom is 0.251 e. The van der Waals surface area contributed by atoms with E-state index in [-0.39, 0.29) is 5.41 Å². The number of hydrogen-bond donors (Lipinski definition) is 1. The third-order valence-corrected chi connectivity index (χ3v) is 5.83. The molecule has 0 radical (unpaired) electrons. The maximum atomic E-state index is 6.57. The van der Waals surface area contributed by atoms with Crippen LogP contribution in [0.4, 0.5) is 0 Å². The topological polar surface area (TPSA) is 44.5 Å². The van der Waals surface area contributed by atoms with Crippen LogP contribution in [0.5, 0.6) is 11.5 Å². The number of fused-ring (bicyclic) bond motifs is 1. The number of rotatable bonds is 2. The van der Waals surface area contributed by atoms with E-state index in [0.717, 1.165) is 47.8 Å². The number of ether oxygens (including phenoxy) is 2. The highest BCUT2D eigenvalue weighted by molar-refractivity contribution is 6.31. The summed E-state index contributed by atoms with van der Waals surface area (Å²) in [6.07, 6.45) is 9.10. The van der Waals surface area contributed by atoms with Gasteiger partial charge in [-0.25, -0.2) is 0 Å². The van der Waals surface area contributed by atoms with Gasteiger partial charge in [-0.3, -0.25) is 0 Å². The molecule has 2 saturated carbocycles. The van der Waals surface area contributed by atoms with Crippen LogP contribution in [0.25, 0.3) is 0 Å². The van der Waals surface area contributed by atoms with Gasteiger partial charge in [0.25, 0.3) is 5.79 Å². The lowest BCUT2D eigenvalue weighted by Crippen LogP contribution is -2.45. The van der Waals surface area contributed by atoms with E-state index in [1.165, 1.54) is 25.7 Å². The predicted molar refractivity (Wildman–Crippen MR) is 83.1 cm³/mol. The van der Waals surface area contributed by atoms with Gasteiger partial charge in [-0.1, -0.05) is 30.9 Å². The van der Waals surface area contributed by atoms with Crippen molar-refractivity contribution in [3.05, 3.63) is 22.7 Å². The molecule has 21 heavy (non-hydrogen) atoms. The van der Waals surface area contributed by atoms with Crippen molar-refractivity contribution in [2.24, 2.45) is 5.73 Å². The van der Waals surface area contributed by atoms with Crippen molar-refractivity contribution in [2.45, 2.75) is 62.6 Å². The number of nitrogens with two attached hydrogens (primary N) is 1. The molecule has 0 bridgehead atoms. The lowest BCUT2D eigenvalue weighted by atomic mass is 9.69. The van der Waals surface area contributed by atoms with Crippen molar-refractivity contribution in [2.75, 3.05) is 6.54 Å². The Labute approximate surface area is 130 Å². The summed E-state index contributed by atoms with van der Waals surface area (Å²) in [7, 11) is 0. The zero-order valence-corrected chi connectivity index (χ0v) is 13.0. The van der Waals surface area contributed by atoms with Crippen LogP contribution >= 0.6 is 11.6 Å². The molecule has 2 fully saturated rings. The van der Waals surface area contributed by atoms with E-state index in [0.29, 0.717) is 6.54 Å². The molecule has 1 aliphatic heterocycles. The molecule has 3 nitrogen and oxygen atoms in total. The quantitative estimate of drug-likeness (QED) is 0.892. The van der Waals surface area contributed by atoms with Crippen LogP contribution < -0.4 is 15.2 Å². The maximum absolute atomic E-state index is 6.57. The van der Waals surface area contributed by atoms with E-state index < -0.39 is 5.79 Å². The summed E-state index contributed by atoms with van der Waals surface area (Å²) in [5.41, 5.74) is 7.32. The van der Waals surface area contributed by atoms with Gasteiger partial charge in [0.1, 0.15) is 0 Å². The third kappa shape index (κ3) is 2.05. The van der Waals surface area contributed by atoms with E-state index in [9.17, 15) is 0 Å². The minimum absolute atomic E-state index is 0.0170. The molecule has 1 aromatic rings. The van der Waals surface area contributed by atoms with Crippen LogP contribution in [0.2, 0.25) is 5.02 Å². The largest absolute Gasteiger partial charge is 0.448 e. The second kappa shape index (κ2) is 4.79. The zero-order valence-electron chi connectivity index (χ0n) is 12.3. The van der Waals surface area contributed by atoms with Crippen LogP contribution in [0.1, 0.15) is 56.9 Å². The Balaban J connectivity index is 1.72. The molecule has 114 valence electrons. The van der Waals surface area contributed by atoms with Crippen molar-refractivity contribution in [1.29, 1.82) is 0 Å². The average Bonchev–Trinajstić information content (AvgIpc) is 2.86. The first kappa shape index (κ1) is 13.7. The molecule has 3 aliphatic rings. The second-order valence-electron chi connectivity index (χ2n) is 6.79. The molecular formula is C17H22ClNO2. The molecule has 0 saturated heterocycles. The summed E-state index contributed by atoms with van der Waals surface area (Å²) >= 11 is 6.57. The second-order valence-corrected chi connectivity index (χ2v) is 7.20. The summed E-state index contributed by atoms with van der Waals surface area (Å²) in [5, 5.41) is 0.779. The smallest absolute Gasteiger partial charge is 0.251 e. The molecule has 1 spiro atoms. The lowest BCUT2D eigenvalue weighted by Gasteiger charge is -2.37. The van der Waals surface area contributed by atoms with Gasteiger partial charge >= 0.3 is 0 Å². The molecule has 4 rings (SSSR count). The van der Waals surface area contributed by atoms with Crippen LogP contribution in [-0.4, -0.2) is 12.3 Å². The van der Waals surface area contributed by atoms with Crippen molar-refractivity contribution in [3.63, 3.8) is 0 Å². The molecule has 0 atom stereocenters. The van der Waals surface area contributed by atoms with Gasteiger partial charge in [0.05, 0.1) is 0 Å². The minimum Gasteiger partial charge on any atom is -0.448 e. The van der Waals surface area contributed by atoms with Crippen LogP contribution in [-0.2, 0) is 5.41 Å². The van der Waals surface area contributed by atoms with Crippen LogP contribution in [0, 0.1) is 0 Å². The first-order valence-electron chi connectivity index (χ1n) is 8.09. The third-order valence-electron chi connectivity index (χ3n) is 5.51. The predicted octanol–water partition coefficient (Wildman–Crippen LogP) is 4.15. The molecular weight excluding hydrogens is 286 g/mol. The highest BCUT2D eigenvalue weighted by atomic mass is 35.5. The summed E-state index contributed by atoms with van der Waals surface area (Å²) in [6.45, 7) is 0.650. The Bertz CT molecular complexity index is 562. The molecule has 0 amide bonds. The lowest BCUT2D eigenvalue weighted by molar-refractivity contribution is -0.138. The summed E-state index contributed by atoms with van der Waals surface area (Å²) in [6, 6.07) is 4.04. The average molecular weight is 308 g/mol. The normalized spacial score (nSPS) is 24.9. The number of halogens is 1. The molecule has 2 aliphatic carbocycles. The fraction of sp³-hybridized carbons (Fsp3) is 0.647. The Kier molecular flexibility index (Phi) is 3.13. The number of benzene rings is 1. The Morgan fingerprint density at radius 2 is 1.62 bits per heavy atom. The molecule has 1 aromatic carbocycles. The van der Waals surface area contributed by atoms with Gasteiger partial charge in [0, 0.05) is 35.9 Å². The van der Waals surface area contributed by atoms with Crippen LogP contribution in [0.3, 0.4) is 0 Å². The van der Waals surface area contributed by atoms with E-state index in [2.05, 4.69) is 6.07 Å². The molecule has 0 unspecified atom stereocenters. The fourth-order valence-corrected chi connectivity index (χ4v) is 4.36. The highest BCUT2D eigenvalue weighted by Crippen LogP contribution is 2.52. The fourth-order valence-electron chi connectivity index (χ4n) is 4.00. The van der Waals surface area contributed by atoms with Gasteiger partial charge in [-0.2, -0.15) is 0 Å². The van der Waals surface area contributed by atoms with Crippen molar-refractivity contribution in [1.82, 2.24) is 0 Å². The van der Waals surface area contributed by atoms with E-state index in [4.69, 9.17) is 26.8 Å². The van der Waals surface area contributed by atoms with Crippen LogP contribution in [0.15, 0.2) is 12.1 Å².